The van der Waals surface area contributed by atoms with E-state index in [-0.39, 0.29) is 11.1 Å². The number of carbonyl (C=O) groups is 2. The van der Waals surface area contributed by atoms with Gasteiger partial charge in [0.15, 0.2) is 5.06 Å². The standard InChI is InChI=1S/C9H4F3NO5S/c10-9(11,12)19(16,17)18-13-7(14)5-3-1-2-4-6(5)8(13)15/h1-4H/q+1. The Balaban J connectivity index is 2.37. The van der Waals surface area contributed by atoms with Crippen LogP contribution in [0.5, 0.6) is 0 Å². The number of halogens is 3. The summed E-state index contributed by atoms with van der Waals surface area (Å²) in [7, 11) is -6.08. The molecule has 1 aromatic carbocycles. The van der Waals surface area contributed by atoms with E-state index in [1.165, 1.54) is 24.3 Å². The van der Waals surface area contributed by atoms with E-state index in [1.807, 2.05) is 0 Å². The summed E-state index contributed by atoms with van der Waals surface area (Å²) in [5.41, 5.74) is -6.20. The van der Waals surface area contributed by atoms with Crippen LogP contribution in [0.3, 0.4) is 0 Å². The van der Waals surface area contributed by atoms with E-state index in [1.54, 1.807) is 0 Å². The largest absolute Gasteiger partial charge is 0.528 e. The van der Waals surface area contributed by atoms with E-state index in [2.05, 4.69) is 4.28 Å². The molecule has 0 fully saturated rings. The molecule has 6 nitrogen and oxygen atoms in total. The Morgan fingerprint density at radius 1 is 1.00 bits per heavy atom. The van der Waals surface area contributed by atoms with Gasteiger partial charge in [0, 0.05) is 4.28 Å². The van der Waals surface area contributed by atoms with Crippen molar-refractivity contribution in [2.24, 2.45) is 0 Å². The second kappa shape index (κ2) is 4.11. The van der Waals surface area contributed by atoms with Gasteiger partial charge in [0.25, 0.3) is 0 Å². The van der Waals surface area contributed by atoms with Crippen molar-refractivity contribution in [3.05, 3.63) is 35.4 Å². The first kappa shape index (κ1) is 13.6. The van der Waals surface area contributed by atoms with Gasteiger partial charge >= 0.3 is 27.4 Å². The third-order valence-electron chi connectivity index (χ3n) is 2.21. The monoisotopic (exact) mass is 295 g/mol. The molecule has 1 heterocycles. The van der Waals surface area contributed by atoms with Crippen molar-refractivity contribution in [2.45, 2.75) is 5.51 Å². The first-order valence-corrected chi connectivity index (χ1v) is 6.04. The van der Waals surface area contributed by atoms with E-state index < -0.39 is 32.5 Å². The lowest BCUT2D eigenvalue weighted by Crippen LogP contribution is -2.42. The summed E-state index contributed by atoms with van der Waals surface area (Å²) in [5.74, 6) is -2.54. The molecule has 0 aliphatic carbocycles. The minimum absolute atomic E-state index is 0.232. The molecule has 10 heteroatoms. The van der Waals surface area contributed by atoms with Crippen molar-refractivity contribution in [1.29, 1.82) is 0 Å². The number of amides is 2. The Morgan fingerprint density at radius 2 is 1.42 bits per heavy atom. The Morgan fingerprint density at radius 3 is 1.79 bits per heavy atom. The summed E-state index contributed by atoms with van der Waals surface area (Å²) in [6.45, 7) is 0. The first-order chi connectivity index (χ1) is 8.65. The van der Waals surface area contributed by atoms with Crippen LogP contribution in [-0.2, 0) is 14.4 Å². The average Bonchev–Trinajstić information content (AvgIpc) is 2.54. The summed E-state index contributed by atoms with van der Waals surface area (Å²) in [4.78, 5) is 23.1. The molecule has 1 aliphatic heterocycles. The van der Waals surface area contributed by atoms with Crippen molar-refractivity contribution < 1.29 is 35.5 Å². The predicted molar refractivity (Wildman–Crippen MR) is 53.3 cm³/mol. The first-order valence-electron chi connectivity index (χ1n) is 4.64. The average molecular weight is 295 g/mol. The molecule has 0 aromatic heterocycles. The number of alkyl halides is 3. The van der Waals surface area contributed by atoms with Crippen LogP contribution < -0.4 is 5.06 Å². The number of imide groups is 1. The molecular formula is C9H4F3NO5S+. The van der Waals surface area contributed by atoms with Crippen LogP contribution in [0.1, 0.15) is 20.7 Å². The minimum atomic E-state index is -6.08. The predicted octanol–water partition coefficient (Wildman–Crippen LogP) is 0.902. The number of fused-ring (bicyclic) bond motifs is 1. The van der Waals surface area contributed by atoms with E-state index in [0.717, 1.165) is 0 Å². The molecule has 1 radical (unpaired) electrons. The Bertz CT molecular complexity index is 632. The SMILES string of the molecule is O=C1c2ccccc2C(=O)[N+]1OS(=O)(=O)C(F)(F)F. The smallest absolute Gasteiger partial charge is 0.215 e. The molecular weight excluding hydrogens is 291 g/mol. The zero-order valence-electron chi connectivity index (χ0n) is 8.84. The van der Waals surface area contributed by atoms with Crippen LogP contribution in [0.15, 0.2) is 24.3 Å². The van der Waals surface area contributed by atoms with Crippen LogP contribution in [0, 0.1) is 0 Å². The van der Waals surface area contributed by atoms with Gasteiger partial charge in [-0.05, 0) is 12.1 Å². The minimum Gasteiger partial charge on any atom is -0.215 e. The van der Waals surface area contributed by atoms with Crippen molar-refractivity contribution in [3.8, 4) is 0 Å². The van der Waals surface area contributed by atoms with Crippen LogP contribution >= 0.6 is 0 Å². The highest BCUT2D eigenvalue weighted by molar-refractivity contribution is 7.87. The lowest BCUT2D eigenvalue weighted by Gasteiger charge is -2.03. The molecule has 0 N–H and O–H groups in total. The second-order valence-corrected chi connectivity index (χ2v) is 4.94. The maximum atomic E-state index is 12.1. The summed E-state index contributed by atoms with van der Waals surface area (Å²) >= 11 is 0. The van der Waals surface area contributed by atoms with E-state index >= 15 is 0 Å². The molecule has 0 saturated carbocycles. The fourth-order valence-corrected chi connectivity index (χ4v) is 1.79. The third kappa shape index (κ3) is 2.13. The topological polar surface area (TPSA) is 83.4 Å². The number of hydroxylamine groups is 2. The molecule has 0 spiro atoms. The van der Waals surface area contributed by atoms with Gasteiger partial charge in [-0.1, -0.05) is 12.1 Å². The van der Waals surface area contributed by atoms with Gasteiger partial charge in [-0.15, -0.1) is 0 Å². The number of benzene rings is 1. The van der Waals surface area contributed by atoms with Gasteiger partial charge in [-0.3, -0.25) is 0 Å². The maximum absolute atomic E-state index is 12.1. The lowest BCUT2D eigenvalue weighted by atomic mass is 10.1. The van der Waals surface area contributed by atoms with Crippen LogP contribution in [0.25, 0.3) is 0 Å². The van der Waals surface area contributed by atoms with Gasteiger partial charge in [0.05, 0.1) is 0 Å². The second-order valence-electron chi connectivity index (χ2n) is 3.42. The van der Waals surface area contributed by atoms with Gasteiger partial charge in [-0.25, -0.2) is 9.59 Å². The number of rotatable bonds is 2. The molecule has 1 aliphatic rings. The molecule has 2 amide bonds. The normalized spacial score (nSPS) is 16.8. The van der Waals surface area contributed by atoms with Crippen LogP contribution in [-0.4, -0.2) is 25.7 Å². The van der Waals surface area contributed by atoms with E-state index in [0.29, 0.717) is 0 Å². The number of carbonyl (C=O) groups excluding carboxylic acids is 2. The van der Waals surface area contributed by atoms with Gasteiger partial charge < -0.3 is 0 Å². The summed E-state index contributed by atoms with van der Waals surface area (Å²) in [6.07, 6.45) is 0. The fourth-order valence-electron chi connectivity index (χ4n) is 1.38. The number of hydrogen-bond acceptors (Lipinski definition) is 5. The van der Waals surface area contributed by atoms with E-state index in [4.69, 9.17) is 0 Å². The molecule has 0 atom stereocenters. The van der Waals surface area contributed by atoms with Crippen molar-refractivity contribution in [1.82, 2.24) is 5.06 Å². The number of nitrogens with zero attached hydrogens (tertiary/aromatic N) is 1. The molecule has 0 bridgehead atoms. The van der Waals surface area contributed by atoms with Crippen molar-refractivity contribution in [2.75, 3.05) is 0 Å². The summed E-state index contributed by atoms with van der Waals surface area (Å²) in [5, 5.41) is -0.423. The maximum Gasteiger partial charge on any atom is 0.528 e. The summed E-state index contributed by atoms with van der Waals surface area (Å²) < 4.78 is 61.4. The summed E-state index contributed by atoms with van der Waals surface area (Å²) in [6, 6.07) is 5.07. The van der Waals surface area contributed by atoms with Crippen LogP contribution in [0.4, 0.5) is 13.2 Å². The molecule has 19 heavy (non-hydrogen) atoms. The Labute approximate surface area is 104 Å². The highest BCUT2D eigenvalue weighted by Crippen LogP contribution is 2.28. The zero-order chi connectivity index (χ0) is 14.4. The molecule has 0 unspecified atom stereocenters. The number of hydrogen-bond donors (Lipinski definition) is 0. The highest BCUT2D eigenvalue weighted by Gasteiger charge is 2.59. The van der Waals surface area contributed by atoms with E-state index in [9.17, 15) is 31.2 Å². The molecule has 2 rings (SSSR count). The fraction of sp³-hybridized carbons (Fsp3) is 0.111. The Kier molecular flexibility index (Phi) is 2.96. The van der Waals surface area contributed by atoms with Gasteiger partial charge in [-0.2, -0.15) is 21.6 Å². The zero-order valence-corrected chi connectivity index (χ0v) is 9.66. The van der Waals surface area contributed by atoms with Crippen LogP contribution in [0.2, 0.25) is 0 Å². The molecule has 0 saturated heterocycles. The van der Waals surface area contributed by atoms with Gasteiger partial charge in [0.2, 0.25) is 0 Å². The quantitative estimate of drug-likeness (QED) is 0.460. The lowest BCUT2D eigenvalue weighted by molar-refractivity contribution is -0.0626. The Hall–Kier alpha value is -1.78. The molecule has 101 valence electrons. The molecule has 1 aromatic rings. The van der Waals surface area contributed by atoms with Gasteiger partial charge in [0.1, 0.15) is 11.1 Å². The highest BCUT2D eigenvalue weighted by atomic mass is 32.2. The van der Waals surface area contributed by atoms with Crippen molar-refractivity contribution in [3.63, 3.8) is 0 Å². The third-order valence-corrected chi connectivity index (χ3v) is 3.13. The van der Waals surface area contributed by atoms with Crippen molar-refractivity contribution >= 4 is 21.9 Å².